The van der Waals surface area contributed by atoms with Gasteiger partial charge in [0.2, 0.25) is 11.9 Å². The molecule has 0 amide bonds. The number of nitrogens with zero attached hydrogens (tertiary/aromatic N) is 11. The Morgan fingerprint density at radius 3 is 1.20 bits per heavy atom. The van der Waals surface area contributed by atoms with Gasteiger partial charge in [0.05, 0.1) is 55.5 Å². The highest BCUT2D eigenvalue weighted by molar-refractivity contribution is 7.26. The van der Waals surface area contributed by atoms with E-state index >= 15 is 0 Å². The first-order valence-corrected chi connectivity index (χ1v) is 48.1. The quantitative estimate of drug-likeness (QED) is 0.101. The molecule has 0 saturated heterocycles. The molecule has 0 bridgehead atoms. The zero-order valence-electron chi connectivity index (χ0n) is 74.0. The van der Waals surface area contributed by atoms with Crippen molar-refractivity contribution < 1.29 is 0 Å². The van der Waals surface area contributed by atoms with Crippen molar-refractivity contribution in [1.82, 2.24) is 53.2 Å². The molecule has 0 saturated carbocycles. The Kier molecular flexibility index (Phi) is 18.2. The van der Waals surface area contributed by atoms with E-state index in [1.807, 2.05) is 41.9 Å². The van der Waals surface area contributed by atoms with Crippen LogP contribution in [0, 0.1) is 0 Å². The Balaban J connectivity index is 0.550. The van der Waals surface area contributed by atoms with Gasteiger partial charge in [-0.15, -0.1) is 22.7 Å². The molecule has 0 N–H and O–H groups in total. The summed E-state index contributed by atoms with van der Waals surface area (Å²) in [5.41, 5.74) is 30.3. The largest absolute Gasteiger partial charge is 0.309 e. The smallest absolute Gasteiger partial charge is 0.235 e. The van der Waals surface area contributed by atoms with Gasteiger partial charge in [-0.25, -0.2) is 34.9 Å². The number of fused-ring (bicyclic) bond motifs is 18. The highest BCUT2D eigenvalue weighted by Crippen LogP contribution is 2.50. The van der Waals surface area contributed by atoms with Crippen LogP contribution < -0.4 is 0 Å². The topological polar surface area (TPSA) is 110 Å². The van der Waals surface area contributed by atoms with Gasteiger partial charge in [-0.2, -0.15) is 0 Å². The molecule has 0 aliphatic heterocycles. The number of hydrogen-bond acceptors (Lipinski definition) is 9. The maximum Gasteiger partial charge on any atom is 0.235 e. The summed E-state index contributed by atoms with van der Waals surface area (Å²) in [5.74, 6) is 2.89. The molecule has 19 aromatic carbocycles. The summed E-state index contributed by atoms with van der Waals surface area (Å²) >= 11 is 3.62. The Morgan fingerprint density at radius 2 is 0.558 bits per heavy atom. The Bertz CT molecular complexity index is 9830. The van der Waals surface area contributed by atoms with Gasteiger partial charge in [-0.05, 0) is 176 Å². The van der Waals surface area contributed by atoms with E-state index in [0.29, 0.717) is 29.4 Å². The summed E-state index contributed by atoms with van der Waals surface area (Å²) in [6.07, 6.45) is 3.84. The number of hydrogen-bond donors (Lipinski definition) is 0. The second kappa shape index (κ2) is 31.9. The van der Waals surface area contributed by atoms with Gasteiger partial charge < -0.3 is 9.13 Å². The van der Waals surface area contributed by atoms with Crippen molar-refractivity contribution in [2.24, 2.45) is 0 Å². The molecule has 13 heteroatoms. The van der Waals surface area contributed by atoms with Crippen molar-refractivity contribution in [2.45, 2.75) is 0 Å². The highest BCUT2D eigenvalue weighted by atomic mass is 32.1. The maximum atomic E-state index is 5.72. The molecule has 0 atom stereocenters. The van der Waals surface area contributed by atoms with Gasteiger partial charge in [0.1, 0.15) is 0 Å². The maximum absolute atomic E-state index is 5.72. The predicted octanol–water partition coefficient (Wildman–Crippen LogP) is 32.9. The fourth-order valence-corrected chi connectivity index (χ4v) is 23.6. The molecule has 0 aliphatic rings. The number of thiophene rings is 2. The van der Waals surface area contributed by atoms with E-state index in [0.717, 1.165) is 176 Å². The predicted molar refractivity (Wildman–Crippen MR) is 574 cm³/mol. The average molecular weight is 1800 g/mol. The van der Waals surface area contributed by atoms with Crippen LogP contribution in [-0.4, -0.2) is 53.2 Å². The second-order valence-electron chi connectivity index (χ2n) is 35.4. The molecule has 138 heavy (non-hydrogen) atoms. The fourth-order valence-electron chi connectivity index (χ4n) is 21.2. The Morgan fingerprint density at radius 1 is 0.174 bits per heavy atom. The molecule has 9 heterocycles. The summed E-state index contributed by atoms with van der Waals surface area (Å²) in [7, 11) is 0. The van der Waals surface area contributed by atoms with Crippen molar-refractivity contribution in [3.05, 3.63) is 455 Å². The molecule has 28 rings (SSSR count). The van der Waals surface area contributed by atoms with Crippen LogP contribution in [0.25, 0.3) is 274 Å². The van der Waals surface area contributed by atoms with E-state index in [2.05, 4.69) is 443 Å². The van der Waals surface area contributed by atoms with E-state index in [9.17, 15) is 0 Å². The molecule has 0 fully saturated rings. The lowest BCUT2D eigenvalue weighted by atomic mass is 9.92. The summed E-state index contributed by atoms with van der Waals surface area (Å²) in [6, 6.07) is 160. The van der Waals surface area contributed by atoms with Crippen LogP contribution in [0.4, 0.5) is 0 Å². The van der Waals surface area contributed by atoms with Crippen LogP contribution in [0.1, 0.15) is 0 Å². The van der Waals surface area contributed by atoms with Gasteiger partial charge in [0, 0.05) is 135 Å². The lowest BCUT2D eigenvalue weighted by Gasteiger charge is -2.14. The molecule has 0 spiro atoms. The molecule has 9 aromatic heterocycles. The molecule has 0 aliphatic carbocycles. The monoisotopic (exact) mass is 1790 g/mol. The molecule has 28 aromatic rings. The minimum atomic E-state index is 0.564. The van der Waals surface area contributed by atoms with E-state index in [1.165, 1.54) is 68.4 Å². The van der Waals surface area contributed by atoms with E-state index in [-0.39, 0.29) is 0 Å². The van der Waals surface area contributed by atoms with Crippen LogP contribution >= 0.6 is 22.7 Å². The molecule has 642 valence electrons. The fraction of sp³-hybridized carbons (Fsp3) is 0. The Labute approximate surface area is 799 Å². The second-order valence-corrected chi connectivity index (χ2v) is 37.5. The van der Waals surface area contributed by atoms with Crippen molar-refractivity contribution in [2.75, 3.05) is 0 Å². The summed E-state index contributed by atoms with van der Waals surface area (Å²) in [5, 5.41) is 14.0. The Hall–Kier alpha value is -18.0. The van der Waals surface area contributed by atoms with Crippen molar-refractivity contribution >= 4 is 150 Å². The standard InChI is InChI=1S/C125H75N11S2/c1-6-26-76(27-7-1)78-50-52-79(53-51-78)85-59-62-99-112(71-85)135(124-126-66-64-106(128-124)97-44-23-42-95-94-40-18-21-49-116(94)137-119(95)97)110-48-25-41-90(118(99)110)86-60-63-117-105(69-86)96-43-24-45-98(120(96)138-117)107-65-67-127-125(129-107)136-111-70-84(77-28-8-2-9-29-77)58-61-93(111)102-72-100(101(74-113(102)136)80-30-10-3-11-31-80)81-54-56-83(57-55-81)122-130-121(82-32-12-4-13-33-82)131-123(132-122)87-34-22-37-89(68-87)134-109-47-20-17-39-92(109)104-73-103-91-38-16-19-46-108(91)133(114(103)75-115(104)134)88-35-14-5-15-36-88/h1-75H. The third-order valence-electron chi connectivity index (χ3n) is 27.6. The van der Waals surface area contributed by atoms with E-state index in [1.54, 1.807) is 11.3 Å². The number of rotatable bonds is 15. The van der Waals surface area contributed by atoms with Crippen LogP contribution in [-0.2, 0) is 0 Å². The van der Waals surface area contributed by atoms with Crippen molar-refractivity contribution in [1.29, 1.82) is 0 Å². The third-order valence-corrected chi connectivity index (χ3v) is 30.1. The highest BCUT2D eigenvalue weighted by Gasteiger charge is 2.27. The van der Waals surface area contributed by atoms with Gasteiger partial charge in [0.25, 0.3) is 0 Å². The number of benzene rings is 19. The van der Waals surface area contributed by atoms with Gasteiger partial charge >= 0.3 is 0 Å². The first kappa shape index (κ1) is 78.6. The van der Waals surface area contributed by atoms with Crippen LogP contribution in [0.2, 0.25) is 0 Å². The molecule has 0 radical (unpaired) electrons. The van der Waals surface area contributed by atoms with Crippen molar-refractivity contribution in [3.8, 4) is 147 Å². The van der Waals surface area contributed by atoms with Gasteiger partial charge in [-0.1, -0.05) is 334 Å². The molecular formula is C125H75N11S2. The van der Waals surface area contributed by atoms with Crippen LogP contribution in [0.15, 0.2) is 455 Å². The number of aromatic nitrogens is 11. The van der Waals surface area contributed by atoms with Crippen LogP contribution in [0.5, 0.6) is 0 Å². The average Bonchev–Trinajstić information content (AvgIpc) is 1.48. The molecule has 0 unspecified atom stereocenters. The van der Waals surface area contributed by atoms with Crippen molar-refractivity contribution in [3.63, 3.8) is 0 Å². The van der Waals surface area contributed by atoms with E-state index < -0.39 is 0 Å². The zero-order valence-corrected chi connectivity index (χ0v) is 75.7. The summed E-state index contributed by atoms with van der Waals surface area (Å²) < 4.78 is 14.1. The first-order valence-electron chi connectivity index (χ1n) is 46.4. The van der Waals surface area contributed by atoms with Gasteiger partial charge in [-0.3, -0.25) is 9.13 Å². The molecular weight excluding hydrogens is 1720 g/mol. The normalized spacial score (nSPS) is 11.9. The lowest BCUT2D eigenvalue weighted by Crippen LogP contribution is -2.02. The SMILES string of the molecule is c1ccc(-c2ccc(-c3ccc4c5c(-c6ccc7sc8c(-c9ccnc(-n%10c%11cc(-c%12ccccc%12)ccc%11c%11cc(-c%12ccc(-c%13nc(-c%14ccccc%14)nc(-c%14cccc(-n%15c%16ccccc%16c%16cc%17c%18ccccc%18n(-c%18ccccc%18)c%17cc%16%15)c%14)n%13)cc%12)c(-c%12ccccc%12)cc%11%10)n9)cccc8c7c6)cccc5n(-c5nccc(-c6cccc7c6sc6ccccc67)n5)c4c3)cc2)cc1. The lowest BCUT2D eigenvalue weighted by molar-refractivity contribution is 0.992. The summed E-state index contributed by atoms with van der Waals surface area (Å²) in [4.78, 5) is 37.8. The third kappa shape index (κ3) is 12.9. The molecule has 11 nitrogen and oxygen atoms in total. The zero-order chi connectivity index (χ0) is 90.6. The van der Waals surface area contributed by atoms with Gasteiger partial charge in [0.15, 0.2) is 17.5 Å². The first-order chi connectivity index (χ1) is 68.4. The minimum Gasteiger partial charge on any atom is -0.309 e. The van der Waals surface area contributed by atoms with Crippen LogP contribution in [0.3, 0.4) is 0 Å². The number of para-hydroxylation sites is 3. The minimum absolute atomic E-state index is 0.564. The summed E-state index contributed by atoms with van der Waals surface area (Å²) in [6.45, 7) is 0. The van der Waals surface area contributed by atoms with E-state index in [4.69, 9.17) is 34.9 Å².